The maximum Gasteiger partial charge on any atom is 0.417 e. The molecule has 9 heteroatoms. The molecule has 1 aromatic heterocycles. The Morgan fingerprint density at radius 3 is 2.41 bits per heavy atom. The van der Waals surface area contributed by atoms with Crippen molar-refractivity contribution in [1.29, 1.82) is 0 Å². The first-order valence-corrected chi connectivity index (χ1v) is 10.6. The fraction of sp³-hybridized carbons (Fsp3) is 0.174. The third kappa shape index (κ3) is 6.34. The predicted molar refractivity (Wildman–Crippen MR) is 126 cm³/mol. The van der Waals surface area contributed by atoms with E-state index in [4.69, 9.17) is 5.73 Å². The van der Waals surface area contributed by atoms with Crippen molar-refractivity contribution in [2.45, 2.75) is 11.9 Å². The second kappa shape index (κ2) is 10.3. The summed E-state index contributed by atoms with van der Waals surface area (Å²) in [6.45, 7) is 0. The third-order valence-corrected chi connectivity index (χ3v) is 5.29. The Morgan fingerprint density at radius 1 is 1.09 bits per heavy atom. The number of nitrogens with two attached hydrogens (primary N) is 1. The predicted octanol–water partition coefficient (Wildman–Crippen LogP) is 5.42. The van der Waals surface area contributed by atoms with Crippen LogP contribution in [0.5, 0.6) is 0 Å². The Kier molecular flexibility index (Phi) is 7.53. The first kappa shape index (κ1) is 23.3. The number of anilines is 1. The van der Waals surface area contributed by atoms with E-state index in [1.54, 1.807) is 43.3 Å². The topological polar surface area (TPSA) is 66.9 Å². The van der Waals surface area contributed by atoms with Crippen LogP contribution >= 0.6 is 11.8 Å². The van der Waals surface area contributed by atoms with Crippen LogP contribution < -0.4 is 10.6 Å². The van der Waals surface area contributed by atoms with Crippen molar-refractivity contribution in [3.8, 4) is 11.1 Å². The fourth-order valence-electron chi connectivity index (χ4n) is 2.84. The molecule has 0 saturated carbocycles. The quantitative estimate of drug-likeness (QED) is 0.305. The summed E-state index contributed by atoms with van der Waals surface area (Å²) < 4.78 is 39.4. The van der Waals surface area contributed by atoms with Crippen LogP contribution in [0, 0.1) is 0 Å². The lowest BCUT2D eigenvalue weighted by molar-refractivity contribution is -0.137. The number of hydrogen-bond donors (Lipinski definition) is 1. The largest absolute Gasteiger partial charge is 0.417 e. The van der Waals surface area contributed by atoms with E-state index >= 15 is 0 Å². The molecule has 5 nitrogen and oxygen atoms in total. The highest BCUT2D eigenvalue weighted by molar-refractivity contribution is 8.13. The maximum absolute atomic E-state index is 13.1. The molecule has 2 N–H and O–H groups in total. The molecule has 0 unspecified atom stereocenters. The van der Waals surface area contributed by atoms with Crippen LogP contribution in [0.3, 0.4) is 0 Å². The van der Waals surface area contributed by atoms with Crippen molar-refractivity contribution in [3.05, 3.63) is 83.6 Å². The molecular formula is C23H22F3N5S. The van der Waals surface area contributed by atoms with Crippen LogP contribution in [0.15, 0.2) is 77.1 Å². The molecule has 3 rings (SSSR count). The van der Waals surface area contributed by atoms with Crippen molar-refractivity contribution in [2.24, 2.45) is 15.9 Å². The lowest BCUT2D eigenvalue weighted by Gasteiger charge is -2.18. The Bertz CT molecular complexity index is 1090. The number of aromatic nitrogens is 1. The number of hydrogen-bond acceptors (Lipinski definition) is 5. The van der Waals surface area contributed by atoms with Crippen LogP contribution in [0.1, 0.15) is 16.7 Å². The summed E-state index contributed by atoms with van der Waals surface area (Å²) in [6, 6.07) is 17.9. The van der Waals surface area contributed by atoms with E-state index in [0.717, 1.165) is 23.4 Å². The molecule has 0 radical (unpaired) electrons. The van der Waals surface area contributed by atoms with Crippen molar-refractivity contribution >= 4 is 29.0 Å². The van der Waals surface area contributed by atoms with Crippen LogP contribution in [0.4, 0.5) is 19.0 Å². The molecule has 0 amide bonds. The second-order valence-corrected chi connectivity index (χ2v) is 8.06. The lowest BCUT2D eigenvalue weighted by Crippen LogP contribution is -2.14. The van der Waals surface area contributed by atoms with E-state index in [-0.39, 0.29) is 0 Å². The molecule has 0 bridgehead atoms. The van der Waals surface area contributed by atoms with Gasteiger partial charge < -0.3 is 10.6 Å². The standard InChI is InChI=1S/C23H22F3N5S/c1-31(2)21-20(12-19(14-28-21)23(24,25)26)18-10-8-16(9-11-18)13-29-30-22(27)32-15-17-6-4-3-5-7-17/h3-14H,15H2,1-2H3,(H2,27,30). The van der Waals surface area contributed by atoms with Gasteiger partial charge in [-0.25, -0.2) is 4.98 Å². The molecule has 0 aliphatic heterocycles. The second-order valence-electron chi connectivity index (χ2n) is 7.07. The number of amidine groups is 1. The minimum absolute atomic E-state index is 0.340. The van der Waals surface area contributed by atoms with Gasteiger partial charge in [-0.3, -0.25) is 0 Å². The molecular weight excluding hydrogens is 435 g/mol. The van der Waals surface area contributed by atoms with Gasteiger partial charge in [0.25, 0.3) is 0 Å². The van der Waals surface area contributed by atoms with Gasteiger partial charge in [0.15, 0.2) is 5.17 Å². The minimum atomic E-state index is -4.46. The number of halogens is 3. The molecule has 0 aliphatic rings. The number of alkyl halides is 3. The van der Waals surface area contributed by atoms with Gasteiger partial charge in [-0.1, -0.05) is 66.4 Å². The average Bonchev–Trinajstić information content (AvgIpc) is 2.78. The number of thioether (sulfide) groups is 1. The monoisotopic (exact) mass is 457 g/mol. The van der Waals surface area contributed by atoms with Crippen molar-refractivity contribution in [3.63, 3.8) is 0 Å². The highest BCUT2D eigenvalue weighted by atomic mass is 32.2. The zero-order valence-corrected chi connectivity index (χ0v) is 18.4. The molecule has 0 atom stereocenters. The van der Waals surface area contributed by atoms with E-state index in [9.17, 15) is 13.2 Å². The van der Waals surface area contributed by atoms with Gasteiger partial charge in [-0.2, -0.15) is 18.3 Å². The van der Waals surface area contributed by atoms with Gasteiger partial charge in [0.05, 0.1) is 11.8 Å². The first-order valence-electron chi connectivity index (χ1n) is 9.62. The minimum Gasteiger partial charge on any atom is -0.377 e. The van der Waals surface area contributed by atoms with E-state index < -0.39 is 11.7 Å². The smallest absolute Gasteiger partial charge is 0.377 e. The summed E-state index contributed by atoms with van der Waals surface area (Å²) >= 11 is 1.38. The molecule has 0 fully saturated rings. The van der Waals surface area contributed by atoms with E-state index in [1.165, 1.54) is 18.0 Å². The zero-order valence-electron chi connectivity index (χ0n) is 17.5. The fourth-order valence-corrected chi connectivity index (χ4v) is 3.45. The Labute approximate surface area is 188 Å². The van der Waals surface area contributed by atoms with E-state index in [1.807, 2.05) is 30.3 Å². The van der Waals surface area contributed by atoms with Crippen LogP contribution in [-0.4, -0.2) is 30.5 Å². The highest BCUT2D eigenvalue weighted by Crippen LogP contribution is 2.35. The highest BCUT2D eigenvalue weighted by Gasteiger charge is 2.32. The zero-order chi connectivity index (χ0) is 23.1. The molecule has 0 saturated heterocycles. The molecule has 1 heterocycles. The normalized spacial score (nSPS) is 12.3. The third-order valence-electron chi connectivity index (χ3n) is 4.43. The van der Waals surface area contributed by atoms with Gasteiger partial charge in [0, 0.05) is 31.6 Å². The molecule has 0 aliphatic carbocycles. The number of nitrogens with zero attached hydrogens (tertiary/aromatic N) is 4. The average molecular weight is 458 g/mol. The van der Waals surface area contributed by atoms with Gasteiger partial charge in [0.1, 0.15) is 5.82 Å². The SMILES string of the molecule is CN(C)c1ncc(C(F)(F)F)cc1-c1ccc(C=NN=C(N)SCc2ccccc2)cc1. The Morgan fingerprint density at radius 2 is 1.78 bits per heavy atom. The first-order chi connectivity index (χ1) is 15.2. The summed E-state index contributed by atoms with van der Waals surface area (Å²) in [5.74, 6) is 1.15. The molecule has 0 spiro atoms. The molecule has 3 aromatic rings. The van der Waals surface area contributed by atoms with E-state index in [0.29, 0.717) is 27.9 Å². The number of rotatable bonds is 6. The van der Waals surface area contributed by atoms with Crippen LogP contribution in [0.25, 0.3) is 11.1 Å². The number of pyridine rings is 1. The summed E-state index contributed by atoms with van der Waals surface area (Å²) in [7, 11) is 3.47. The maximum atomic E-state index is 13.1. The summed E-state index contributed by atoms with van der Waals surface area (Å²) in [4.78, 5) is 5.67. The molecule has 2 aromatic carbocycles. The van der Waals surface area contributed by atoms with Crippen molar-refractivity contribution in [2.75, 3.05) is 19.0 Å². The van der Waals surface area contributed by atoms with Gasteiger partial charge in [-0.05, 0) is 22.8 Å². The molecule has 166 valence electrons. The molecule has 32 heavy (non-hydrogen) atoms. The lowest BCUT2D eigenvalue weighted by atomic mass is 10.0. The summed E-state index contributed by atoms with van der Waals surface area (Å²) in [6.07, 6.45) is -2.08. The van der Waals surface area contributed by atoms with Crippen molar-refractivity contribution in [1.82, 2.24) is 4.98 Å². The van der Waals surface area contributed by atoms with Gasteiger partial charge >= 0.3 is 6.18 Å². The Balaban J connectivity index is 1.72. The van der Waals surface area contributed by atoms with Gasteiger partial charge in [0.2, 0.25) is 0 Å². The van der Waals surface area contributed by atoms with Gasteiger partial charge in [-0.15, -0.1) is 5.10 Å². The van der Waals surface area contributed by atoms with Crippen LogP contribution in [-0.2, 0) is 11.9 Å². The van der Waals surface area contributed by atoms with Crippen molar-refractivity contribution < 1.29 is 13.2 Å². The van der Waals surface area contributed by atoms with E-state index in [2.05, 4.69) is 15.2 Å². The Hall–Kier alpha value is -3.33. The summed E-state index contributed by atoms with van der Waals surface area (Å²) in [5.41, 5.74) is 7.97. The number of benzene rings is 2. The summed E-state index contributed by atoms with van der Waals surface area (Å²) in [5, 5.41) is 8.31. The van der Waals surface area contributed by atoms with Crippen LogP contribution in [0.2, 0.25) is 0 Å².